The van der Waals surface area contributed by atoms with Crippen LogP contribution in [0.2, 0.25) is 0 Å². The highest BCUT2D eigenvalue weighted by Gasteiger charge is 2.49. The minimum Gasteiger partial charge on any atom is -0.257 e. The van der Waals surface area contributed by atoms with Crippen LogP contribution in [0.5, 0.6) is 0 Å². The Kier molecular flexibility index (Phi) is 8.74. The molecule has 0 atom stereocenters. The Bertz CT molecular complexity index is 2040. The van der Waals surface area contributed by atoms with E-state index in [0.29, 0.717) is 24.2 Å². The van der Waals surface area contributed by atoms with E-state index in [9.17, 15) is 8.78 Å². The van der Waals surface area contributed by atoms with Gasteiger partial charge in [0.1, 0.15) is 0 Å². The predicted octanol–water partition coefficient (Wildman–Crippen LogP) is 13.2. The van der Waals surface area contributed by atoms with E-state index < -0.39 is 34.9 Å². The molecule has 0 bridgehead atoms. The normalized spacial score (nSPS) is 13.3. The predicted molar refractivity (Wildman–Crippen MR) is 188 cm³/mol. The lowest BCUT2D eigenvalue weighted by Gasteiger charge is -2.38. The van der Waals surface area contributed by atoms with Crippen molar-refractivity contribution in [3.63, 3.8) is 0 Å². The molecule has 250 valence electrons. The van der Waals surface area contributed by atoms with Crippen molar-refractivity contribution in [1.29, 1.82) is 0 Å². The maximum atomic E-state index is 15.0. The van der Waals surface area contributed by atoms with Gasteiger partial charge in [-0.15, -0.1) is 0 Å². The molecule has 0 unspecified atom stereocenters. The summed E-state index contributed by atoms with van der Waals surface area (Å²) in [7, 11) is 0. The zero-order valence-corrected chi connectivity index (χ0v) is 27.5. The Morgan fingerprint density at radius 1 is 0.469 bits per heavy atom. The van der Waals surface area contributed by atoms with Crippen molar-refractivity contribution in [2.45, 2.75) is 52.4 Å². The standard InChI is InChI=1S/C42H36F6N/c1-3-5-11-17-49(18-12-6-4-2)41-31(27-21-33(43)39(47)34(44)22-27)19-25-13-7-9-15-29(25)37(41)38-30-16-10-8-14-26(30)20-32(42(38)49)28-23-35(45)40(48)36(46)24-28/h7-10,13-16,19-24H,3-6,11-12,17-18H2,1-2H3/q+1. The van der Waals surface area contributed by atoms with Gasteiger partial charge in [0.2, 0.25) is 0 Å². The molecule has 1 aliphatic rings. The Morgan fingerprint density at radius 2 is 0.837 bits per heavy atom. The summed E-state index contributed by atoms with van der Waals surface area (Å²) in [6.07, 6.45) is 5.27. The number of quaternary nitrogens is 1. The molecular formula is C42H36F6N+. The summed E-state index contributed by atoms with van der Waals surface area (Å²) in [4.78, 5) is 0. The largest absolute Gasteiger partial charge is 0.257 e. The molecule has 6 aromatic rings. The highest BCUT2D eigenvalue weighted by atomic mass is 19.2. The Labute approximate surface area is 282 Å². The lowest BCUT2D eigenvalue weighted by molar-refractivity contribution is 0.367. The molecule has 0 radical (unpaired) electrons. The van der Waals surface area contributed by atoms with Gasteiger partial charge in [-0.3, -0.25) is 4.48 Å². The number of nitrogens with zero attached hydrogens (tertiary/aromatic N) is 1. The monoisotopic (exact) mass is 668 g/mol. The topological polar surface area (TPSA) is 0 Å². The molecule has 1 heterocycles. The first-order valence-electron chi connectivity index (χ1n) is 17.0. The van der Waals surface area contributed by atoms with Crippen molar-refractivity contribution < 1.29 is 26.3 Å². The Balaban J connectivity index is 1.72. The number of rotatable bonds is 10. The first-order chi connectivity index (χ1) is 23.7. The quantitative estimate of drug-likeness (QED) is 0.0590. The maximum Gasteiger partial charge on any atom is 0.194 e. The van der Waals surface area contributed by atoms with E-state index in [2.05, 4.69) is 13.8 Å². The first-order valence-corrected chi connectivity index (χ1v) is 17.0. The lowest BCUT2D eigenvalue weighted by Crippen LogP contribution is -2.45. The van der Waals surface area contributed by atoms with Gasteiger partial charge in [0.25, 0.3) is 0 Å². The fourth-order valence-electron chi connectivity index (χ4n) is 7.86. The third-order valence-corrected chi connectivity index (χ3v) is 10.0. The Morgan fingerprint density at radius 3 is 1.20 bits per heavy atom. The van der Waals surface area contributed by atoms with Crippen molar-refractivity contribution in [2.24, 2.45) is 0 Å². The number of hydrogen-bond acceptors (Lipinski definition) is 0. The van der Waals surface area contributed by atoms with Crippen molar-refractivity contribution in [1.82, 2.24) is 4.48 Å². The van der Waals surface area contributed by atoms with E-state index in [0.717, 1.165) is 107 Å². The zero-order chi connectivity index (χ0) is 34.4. The van der Waals surface area contributed by atoms with Gasteiger partial charge < -0.3 is 0 Å². The van der Waals surface area contributed by atoms with E-state index in [-0.39, 0.29) is 15.6 Å². The van der Waals surface area contributed by atoms with Crippen LogP contribution in [-0.2, 0) is 0 Å². The highest BCUT2D eigenvalue weighted by Crippen LogP contribution is 2.63. The molecule has 1 aliphatic heterocycles. The number of fused-ring (bicyclic) bond motifs is 7. The van der Waals surface area contributed by atoms with E-state index in [1.54, 1.807) is 0 Å². The summed E-state index contributed by atoms with van der Waals surface area (Å²) in [6, 6.07) is 23.6. The highest BCUT2D eigenvalue weighted by molar-refractivity contribution is 6.22. The van der Waals surface area contributed by atoms with Crippen LogP contribution >= 0.6 is 0 Å². The van der Waals surface area contributed by atoms with Crippen LogP contribution < -0.4 is 4.48 Å². The van der Waals surface area contributed by atoms with Gasteiger partial charge in [0, 0.05) is 11.1 Å². The van der Waals surface area contributed by atoms with Crippen LogP contribution in [-0.4, -0.2) is 13.1 Å². The fraction of sp³-hybridized carbons (Fsp3) is 0.238. The van der Waals surface area contributed by atoms with Gasteiger partial charge in [-0.25, -0.2) is 26.3 Å². The van der Waals surface area contributed by atoms with Gasteiger partial charge >= 0.3 is 0 Å². The van der Waals surface area contributed by atoms with Crippen molar-refractivity contribution >= 4 is 32.9 Å². The summed E-state index contributed by atoms with van der Waals surface area (Å²) < 4.78 is 89.1. The average molecular weight is 669 g/mol. The number of hydrogen-bond donors (Lipinski definition) is 0. The summed E-state index contributed by atoms with van der Waals surface area (Å²) in [6.45, 7) is 5.40. The molecule has 0 saturated heterocycles. The number of halogens is 6. The average Bonchev–Trinajstić information content (AvgIpc) is 3.40. The molecule has 0 spiro atoms. The van der Waals surface area contributed by atoms with E-state index in [4.69, 9.17) is 0 Å². The molecule has 49 heavy (non-hydrogen) atoms. The zero-order valence-electron chi connectivity index (χ0n) is 27.5. The molecule has 0 aromatic heterocycles. The molecular weight excluding hydrogens is 632 g/mol. The van der Waals surface area contributed by atoms with Gasteiger partial charge in [-0.2, -0.15) is 0 Å². The smallest absolute Gasteiger partial charge is 0.194 e. The molecule has 7 heteroatoms. The molecule has 0 aliphatic carbocycles. The molecule has 0 fully saturated rings. The third kappa shape index (κ3) is 5.39. The van der Waals surface area contributed by atoms with E-state index >= 15 is 17.6 Å². The van der Waals surface area contributed by atoms with Gasteiger partial charge in [-0.05, 0) is 94.8 Å². The van der Waals surface area contributed by atoms with Crippen molar-refractivity contribution in [3.8, 4) is 33.4 Å². The summed E-state index contributed by atoms with van der Waals surface area (Å²) in [5.41, 5.74) is 4.86. The second-order valence-electron chi connectivity index (χ2n) is 13.1. The maximum absolute atomic E-state index is 15.0. The van der Waals surface area contributed by atoms with Crippen LogP contribution in [0, 0.1) is 34.9 Å². The van der Waals surface area contributed by atoms with Crippen molar-refractivity contribution in [3.05, 3.63) is 120 Å². The molecule has 0 saturated carbocycles. The van der Waals surface area contributed by atoms with Crippen molar-refractivity contribution in [2.75, 3.05) is 13.1 Å². The third-order valence-electron chi connectivity index (χ3n) is 10.0. The summed E-state index contributed by atoms with van der Waals surface area (Å²) in [5.74, 6) is -8.22. The number of unbranched alkanes of at least 4 members (excludes halogenated alkanes) is 4. The molecule has 0 amide bonds. The SMILES string of the molecule is CCCCC[N+]1(CCCCC)c2c(-c3cc(F)c(F)c(F)c3)cc3ccccc3c2-c2c1c(-c1cc(F)c(F)c(F)c1)cc1ccccc21. The van der Waals surface area contributed by atoms with E-state index in [1.807, 2.05) is 60.7 Å². The minimum atomic E-state index is -1.54. The molecule has 0 N–H and O–H groups in total. The minimum absolute atomic E-state index is 0.199. The second kappa shape index (κ2) is 13.0. The van der Waals surface area contributed by atoms with Crippen LogP contribution in [0.3, 0.4) is 0 Å². The van der Waals surface area contributed by atoms with Gasteiger partial charge in [0.05, 0.1) is 24.2 Å². The van der Waals surface area contributed by atoms with E-state index in [1.165, 1.54) is 0 Å². The van der Waals surface area contributed by atoms with Gasteiger partial charge in [0.15, 0.2) is 46.3 Å². The fourth-order valence-corrected chi connectivity index (χ4v) is 7.86. The van der Waals surface area contributed by atoms with Crippen LogP contribution in [0.4, 0.5) is 37.7 Å². The molecule has 6 aromatic carbocycles. The second-order valence-corrected chi connectivity index (χ2v) is 13.1. The van der Waals surface area contributed by atoms with Crippen LogP contribution in [0.25, 0.3) is 54.9 Å². The lowest BCUT2D eigenvalue weighted by atomic mass is 9.88. The summed E-state index contributed by atoms with van der Waals surface area (Å²) >= 11 is 0. The van der Waals surface area contributed by atoms with Crippen LogP contribution in [0.1, 0.15) is 52.4 Å². The first kappa shape index (κ1) is 32.9. The van der Waals surface area contributed by atoms with Crippen LogP contribution in [0.15, 0.2) is 84.9 Å². The Hall–Kier alpha value is -4.62. The summed E-state index contributed by atoms with van der Waals surface area (Å²) in [5, 5.41) is 3.47. The number of benzene rings is 6. The molecule has 7 rings (SSSR count). The van der Waals surface area contributed by atoms with Gasteiger partial charge in [-0.1, -0.05) is 75.2 Å². The molecule has 1 nitrogen and oxygen atoms in total.